The Hall–Kier alpha value is -0.830. The van der Waals surface area contributed by atoms with Crippen molar-refractivity contribution in [3.8, 4) is 0 Å². The van der Waals surface area contributed by atoms with Gasteiger partial charge in [0.1, 0.15) is 6.23 Å². The number of aliphatic hydroxyl groups is 1. The van der Waals surface area contributed by atoms with Crippen LogP contribution in [0.4, 0.5) is 0 Å². The van der Waals surface area contributed by atoms with Crippen LogP contribution in [0.2, 0.25) is 0 Å². The molecule has 11 heavy (non-hydrogen) atoms. The average Bonchev–Trinajstić information content (AvgIpc) is 2.00. The topological polar surface area (TPSA) is 40.5 Å². The van der Waals surface area contributed by atoms with Gasteiger partial charge in [-0.15, -0.1) is 0 Å². The molecular weight excluding hydrogens is 142 g/mol. The second kappa shape index (κ2) is 4.13. The van der Waals surface area contributed by atoms with Gasteiger partial charge in [0.25, 0.3) is 5.91 Å². The predicted molar refractivity (Wildman–Crippen MR) is 43.9 cm³/mol. The summed E-state index contributed by atoms with van der Waals surface area (Å²) < 4.78 is 0. The molecule has 0 rings (SSSR count). The first kappa shape index (κ1) is 10.2. The van der Waals surface area contributed by atoms with Crippen molar-refractivity contribution >= 4 is 5.91 Å². The number of hydrogen-bond donors (Lipinski definition) is 1. The molecule has 1 atom stereocenters. The third-order valence-electron chi connectivity index (χ3n) is 1.50. The molecule has 0 aromatic heterocycles. The first-order chi connectivity index (χ1) is 5.00. The van der Waals surface area contributed by atoms with Crippen molar-refractivity contribution in [3.05, 3.63) is 12.2 Å². The molecule has 3 heteroatoms. The van der Waals surface area contributed by atoms with Crippen molar-refractivity contribution in [2.24, 2.45) is 0 Å². The Bertz CT molecular complexity index is 165. The van der Waals surface area contributed by atoms with Gasteiger partial charge in [0.15, 0.2) is 0 Å². The molecule has 0 aliphatic rings. The lowest BCUT2D eigenvalue weighted by Gasteiger charge is -2.22. The van der Waals surface area contributed by atoms with Crippen LogP contribution in [0, 0.1) is 0 Å². The minimum Gasteiger partial charge on any atom is -0.374 e. The number of carbonyl (C=O) groups is 1. The Kier molecular flexibility index (Phi) is 3.82. The lowest BCUT2D eigenvalue weighted by atomic mass is 10.3. The molecule has 3 nitrogen and oxygen atoms in total. The lowest BCUT2D eigenvalue weighted by molar-refractivity contribution is -0.134. The molecule has 1 amide bonds. The highest BCUT2D eigenvalue weighted by Crippen LogP contribution is 2.02. The minimum absolute atomic E-state index is 0.209. The van der Waals surface area contributed by atoms with E-state index >= 15 is 0 Å². The summed E-state index contributed by atoms with van der Waals surface area (Å²) in [4.78, 5) is 12.4. The second-order valence-electron chi connectivity index (χ2n) is 2.59. The largest absolute Gasteiger partial charge is 0.374 e. The van der Waals surface area contributed by atoms with Gasteiger partial charge in [-0.2, -0.15) is 0 Å². The van der Waals surface area contributed by atoms with E-state index in [4.69, 9.17) is 0 Å². The van der Waals surface area contributed by atoms with Crippen molar-refractivity contribution in [2.75, 3.05) is 7.05 Å². The summed E-state index contributed by atoms with van der Waals surface area (Å²) in [5.41, 5.74) is 0.444. The highest BCUT2D eigenvalue weighted by molar-refractivity contribution is 5.92. The van der Waals surface area contributed by atoms with Gasteiger partial charge in [-0.1, -0.05) is 13.5 Å². The fraction of sp³-hybridized carbons (Fsp3) is 0.625. The Labute approximate surface area is 67.3 Å². The van der Waals surface area contributed by atoms with E-state index in [1.54, 1.807) is 14.0 Å². The van der Waals surface area contributed by atoms with Crippen LogP contribution in [0.25, 0.3) is 0 Å². The van der Waals surface area contributed by atoms with Gasteiger partial charge in [-0.05, 0) is 13.3 Å². The van der Waals surface area contributed by atoms with Crippen molar-refractivity contribution in [2.45, 2.75) is 26.5 Å². The molecule has 0 spiro atoms. The molecular formula is C8H15NO2. The smallest absolute Gasteiger partial charge is 0.250 e. The number of aliphatic hydroxyl groups excluding tert-OH is 1. The average molecular weight is 157 g/mol. The second-order valence-corrected chi connectivity index (χ2v) is 2.59. The molecule has 0 radical (unpaired) electrons. The maximum atomic E-state index is 11.1. The number of nitrogens with zero attached hydrogens (tertiary/aromatic N) is 1. The van der Waals surface area contributed by atoms with Crippen LogP contribution in [-0.2, 0) is 4.79 Å². The van der Waals surface area contributed by atoms with E-state index < -0.39 is 6.23 Å². The van der Waals surface area contributed by atoms with Crippen molar-refractivity contribution in [3.63, 3.8) is 0 Å². The quantitative estimate of drug-likeness (QED) is 0.485. The summed E-state index contributed by atoms with van der Waals surface area (Å²) in [5, 5.41) is 9.21. The number of carbonyl (C=O) groups excluding carboxylic acids is 1. The number of hydrogen-bond acceptors (Lipinski definition) is 2. The minimum atomic E-state index is -0.695. The van der Waals surface area contributed by atoms with Gasteiger partial charge in [0, 0.05) is 12.6 Å². The van der Waals surface area contributed by atoms with Gasteiger partial charge in [-0.3, -0.25) is 4.79 Å². The van der Waals surface area contributed by atoms with E-state index in [1.165, 1.54) is 4.90 Å². The maximum absolute atomic E-state index is 11.1. The Morgan fingerprint density at radius 3 is 2.45 bits per heavy atom. The standard InChI is InChI=1S/C8H15NO2/c1-5-7(10)9(4)8(11)6(2)3/h7,10H,2,5H2,1,3-4H3. The van der Waals surface area contributed by atoms with Gasteiger partial charge in [-0.25, -0.2) is 0 Å². The first-order valence-electron chi connectivity index (χ1n) is 3.61. The zero-order valence-electron chi connectivity index (χ0n) is 7.29. The molecule has 1 unspecified atom stereocenters. The molecule has 0 aromatic carbocycles. The van der Waals surface area contributed by atoms with E-state index in [9.17, 15) is 9.90 Å². The van der Waals surface area contributed by atoms with E-state index in [-0.39, 0.29) is 5.91 Å². The number of amides is 1. The molecule has 64 valence electrons. The highest BCUT2D eigenvalue weighted by Gasteiger charge is 2.14. The van der Waals surface area contributed by atoms with Gasteiger partial charge in [0.05, 0.1) is 0 Å². The van der Waals surface area contributed by atoms with Gasteiger partial charge in [0.2, 0.25) is 0 Å². The molecule has 0 aromatic rings. The fourth-order valence-electron chi connectivity index (χ4n) is 0.710. The Morgan fingerprint density at radius 1 is 1.73 bits per heavy atom. The zero-order valence-corrected chi connectivity index (χ0v) is 7.29. The van der Waals surface area contributed by atoms with Crippen LogP contribution in [0.15, 0.2) is 12.2 Å². The first-order valence-corrected chi connectivity index (χ1v) is 3.61. The summed E-state index contributed by atoms with van der Waals surface area (Å²) >= 11 is 0. The molecule has 0 saturated carbocycles. The molecule has 0 heterocycles. The summed E-state index contributed by atoms with van der Waals surface area (Å²) in [5.74, 6) is -0.209. The van der Waals surface area contributed by atoms with E-state index in [2.05, 4.69) is 6.58 Å². The SMILES string of the molecule is C=C(C)C(=O)N(C)C(O)CC. The van der Waals surface area contributed by atoms with E-state index in [0.717, 1.165) is 0 Å². The Morgan fingerprint density at radius 2 is 2.18 bits per heavy atom. The van der Waals surface area contributed by atoms with Crippen LogP contribution >= 0.6 is 0 Å². The zero-order chi connectivity index (χ0) is 9.02. The fourth-order valence-corrected chi connectivity index (χ4v) is 0.710. The molecule has 0 aliphatic carbocycles. The Balaban J connectivity index is 4.13. The van der Waals surface area contributed by atoms with E-state index in [0.29, 0.717) is 12.0 Å². The predicted octanol–water partition coefficient (Wildman–Crippen LogP) is 0.749. The van der Waals surface area contributed by atoms with Crippen LogP contribution in [0.5, 0.6) is 0 Å². The van der Waals surface area contributed by atoms with Crippen LogP contribution in [0.1, 0.15) is 20.3 Å². The van der Waals surface area contributed by atoms with Gasteiger partial charge >= 0.3 is 0 Å². The van der Waals surface area contributed by atoms with Gasteiger partial charge < -0.3 is 10.0 Å². The number of likely N-dealkylation sites (N-methyl/N-ethyl adjacent to an activating group) is 1. The van der Waals surface area contributed by atoms with E-state index in [1.807, 2.05) is 6.92 Å². The molecule has 0 fully saturated rings. The summed E-state index contributed by atoms with van der Waals surface area (Å²) in [6.07, 6.45) is -0.158. The monoisotopic (exact) mass is 157 g/mol. The maximum Gasteiger partial charge on any atom is 0.250 e. The van der Waals surface area contributed by atoms with Crippen LogP contribution in [-0.4, -0.2) is 29.2 Å². The molecule has 1 N–H and O–H groups in total. The summed E-state index contributed by atoms with van der Waals surface area (Å²) in [6, 6.07) is 0. The molecule has 0 saturated heterocycles. The van der Waals surface area contributed by atoms with Crippen LogP contribution in [0.3, 0.4) is 0 Å². The van der Waals surface area contributed by atoms with Crippen molar-refractivity contribution in [1.29, 1.82) is 0 Å². The third kappa shape index (κ3) is 2.72. The van der Waals surface area contributed by atoms with Crippen LogP contribution < -0.4 is 0 Å². The van der Waals surface area contributed by atoms with Crippen molar-refractivity contribution in [1.82, 2.24) is 4.90 Å². The summed E-state index contributed by atoms with van der Waals surface area (Å²) in [6.45, 7) is 6.93. The lowest BCUT2D eigenvalue weighted by Crippen LogP contribution is -2.36. The third-order valence-corrected chi connectivity index (χ3v) is 1.50. The molecule has 0 bridgehead atoms. The van der Waals surface area contributed by atoms with Crippen molar-refractivity contribution < 1.29 is 9.90 Å². The normalized spacial score (nSPS) is 12.4. The summed E-state index contributed by atoms with van der Waals surface area (Å²) in [7, 11) is 1.56. The highest BCUT2D eigenvalue weighted by atomic mass is 16.3. The number of rotatable bonds is 3. The molecule has 0 aliphatic heterocycles.